The molecule has 1 fully saturated rings. The van der Waals surface area contributed by atoms with Crippen molar-refractivity contribution < 1.29 is 14.6 Å². The summed E-state index contributed by atoms with van der Waals surface area (Å²) in [5.41, 5.74) is -0.390. The standard InChI is InChI=1S/C10H11FO2/c11-8-3-1-7(2-4-8)9(12)10(13)5-6-10/h1-4,9,12-13H,5-6H2/t9-/m0/s1. The third kappa shape index (κ3) is 1.57. The quantitative estimate of drug-likeness (QED) is 0.725. The molecule has 13 heavy (non-hydrogen) atoms. The summed E-state index contributed by atoms with van der Waals surface area (Å²) in [6, 6.07) is 5.56. The fraction of sp³-hybridized carbons (Fsp3) is 0.400. The summed E-state index contributed by atoms with van der Waals surface area (Å²) < 4.78 is 12.5. The second-order valence-corrected chi connectivity index (χ2v) is 3.56. The predicted octanol–water partition coefficient (Wildman–Crippen LogP) is 1.38. The molecule has 1 aliphatic carbocycles. The van der Waals surface area contributed by atoms with Gasteiger partial charge in [-0.05, 0) is 30.5 Å². The Labute approximate surface area is 75.6 Å². The van der Waals surface area contributed by atoms with Gasteiger partial charge in [0, 0.05) is 0 Å². The zero-order valence-electron chi connectivity index (χ0n) is 7.07. The highest BCUT2D eigenvalue weighted by Crippen LogP contribution is 2.45. The van der Waals surface area contributed by atoms with E-state index in [0.717, 1.165) is 0 Å². The molecule has 70 valence electrons. The minimum absolute atomic E-state index is 0.335. The van der Waals surface area contributed by atoms with E-state index in [1.54, 1.807) is 0 Å². The van der Waals surface area contributed by atoms with Crippen molar-refractivity contribution in [2.75, 3.05) is 0 Å². The lowest BCUT2D eigenvalue weighted by Gasteiger charge is -2.16. The Morgan fingerprint density at radius 2 is 1.77 bits per heavy atom. The molecule has 0 aromatic heterocycles. The smallest absolute Gasteiger partial charge is 0.123 e. The molecule has 1 saturated carbocycles. The molecule has 0 radical (unpaired) electrons. The van der Waals surface area contributed by atoms with Gasteiger partial charge in [-0.25, -0.2) is 4.39 Å². The van der Waals surface area contributed by atoms with E-state index in [2.05, 4.69) is 0 Å². The third-order valence-corrected chi connectivity index (χ3v) is 2.46. The molecule has 1 atom stereocenters. The van der Waals surface area contributed by atoms with Crippen LogP contribution >= 0.6 is 0 Å². The number of aliphatic hydroxyl groups excluding tert-OH is 1. The first-order valence-electron chi connectivity index (χ1n) is 4.28. The molecule has 2 nitrogen and oxygen atoms in total. The van der Waals surface area contributed by atoms with Crippen molar-refractivity contribution in [2.24, 2.45) is 0 Å². The van der Waals surface area contributed by atoms with Gasteiger partial charge in [-0.15, -0.1) is 0 Å². The zero-order valence-corrected chi connectivity index (χ0v) is 7.07. The first kappa shape index (κ1) is 8.66. The van der Waals surface area contributed by atoms with Crippen LogP contribution in [-0.2, 0) is 0 Å². The molecule has 1 aromatic rings. The van der Waals surface area contributed by atoms with Gasteiger partial charge in [-0.2, -0.15) is 0 Å². The molecule has 1 aromatic carbocycles. The van der Waals surface area contributed by atoms with Crippen molar-refractivity contribution in [1.82, 2.24) is 0 Å². The first-order valence-corrected chi connectivity index (χ1v) is 4.28. The molecule has 0 unspecified atom stereocenters. The van der Waals surface area contributed by atoms with Crippen LogP contribution in [0.4, 0.5) is 4.39 Å². The van der Waals surface area contributed by atoms with Crippen LogP contribution in [-0.4, -0.2) is 15.8 Å². The van der Waals surface area contributed by atoms with Gasteiger partial charge in [-0.3, -0.25) is 0 Å². The topological polar surface area (TPSA) is 40.5 Å². The summed E-state index contributed by atoms with van der Waals surface area (Å²) in [4.78, 5) is 0. The van der Waals surface area contributed by atoms with Gasteiger partial charge in [0.2, 0.25) is 0 Å². The Kier molecular flexibility index (Phi) is 1.86. The molecule has 0 heterocycles. The molecule has 0 saturated heterocycles. The maximum absolute atomic E-state index is 12.5. The van der Waals surface area contributed by atoms with Crippen molar-refractivity contribution in [1.29, 1.82) is 0 Å². The highest BCUT2D eigenvalue weighted by atomic mass is 19.1. The number of benzene rings is 1. The minimum Gasteiger partial charge on any atom is -0.387 e. The van der Waals surface area contributed by atoms with Crippen molar-refractivity contribution in [2.45, 2.75) is 24.5 Å². The minimum atomic E-state index is -0.960. The van der Waals surface area contributed by atoms with Crippen molar-refractivity contribution >= 4 is 0 Å². The number of aliphatic hydroxyl groups is 2. The molecule has 3 heteroatoms. The largest absolute Gasteiger partial charge is 0.387 e. The lowest BCUT2D eigenvalue weighted by molar-refractivity contribution is -0.00176. The Hall–Kier alpha value is -0.930. The average Bonchev–Trinajstić information content (AvgIpc) is 2.85. The summed E-state index contributed by atoms with van der Waals surface area (Å²) in [5.74, 6) is -0.335. The van der Waals surface area contributed by atoms with E-state index in [1.165, 1.54) is 24.3 Å². The van der Waals surface area contributed by atoms with E-state index in [4.69, 9.17) is 0 Å². The number of halogens is 1. The molecule has 0 aliphatic heterocycles. The van der Waals surface area contributed by atoms with E-state index < -0.39 is 11.7 Å². The Morgan fingerprint density at radius 1 is 1.23 bits per heavy atom. The fourth-order valence-corrected chi connectivity index (χ4v) is 1.36. The van der Waals surface area contributed by atoms with Crippen LogP contribution in [0.3, 0.4) is 0 Å². The Balaban J connectivity index is 2.20. The summed E-state index contributed by atoms with van der Waals surface area (Å²) in [7, 11) is 0. The van der Waals surface area contributed by atoms with Gasteiger partial charge in [0.25, 0.3) is 0 Å². The molecular formula is C10H11FO2. The number of hydrogen-bond donors (Lipinski definition) is 2. The second kappa shape index (κ2) is 2.79. The van der Waals surface area contributed by atoms with Crippen LogP contribution in [0.15, 0.2) is 24.3 Å². The molecule has 2 rings (SSSR count). The summed E-state index contributed by atoms with van der Waals surface area (Å²) in [6.07, 6.45) is 0.352. The molecule has 0 spiro atoms. The van der Waals surface area contributed by atoms with Crippen molar-refractivity contribution in [3.63, 3.8) is 0 Å². The third-order valence-electron chi connectivity index (χ3n) is 2.46. The van der Waals surface area contributed by atoms with Crippen LogP contribution in [0.25, 0.3) is 0 Å². The van der Waals surface area contributed by atoms with Crippen molar-refractivity contribution in [3.8, 4) is 0 Å². The van der Waals surface area contributed by atoms with Crippen LogP contribution < -0.4 is 0 Å². The normalized spacial score (nSPS) is 21.2. The lowest BCUT2D eigenvalue weighted by atomic mass is 10.0. The maximum Gasteiger partial charge on any atom is 0.123 e. The SMILES string of the molecule is O[C@@H](c1ccc(F)cc1)C1(O)CC1. The van der Waals surface area contributed by atoms with Gasteiger partial charge >= 0.3 is 0 Å². The van der Waals surface area contributed by atoms with Crippen LogP contribution in [0.2, 0.25) is 0 Å². The van der Waals surface area contributed by atoms with Gasteiger partial charge in [0.1, 0.15) is 11.9 Å². The lowest BCUT2D eigenvalue weighted by Crippen LogP contribution is -2.19. The molecular weight excluding hydrogens is 171 g/mol. The highest BCUT2D eigenvalue weighted by molar-refractivity contribution is 5.23. The first-order chi connectivity index (χ1) is 6.12. The molecule has 2 N–H and O–H groups in total. The van der Waals surface area contributed by atoms with E-state index >= 15 is 0 Å². The van der Waals surface area contributed by atoms with Gasteiger partial charge in [0.15, 0.2) is 0 Å². The van der Waals surface area contributed by atoms with E-state index in [1.807, 2.05) is 0 Å². The van der Waals surface area contributed by atoms with Crippen molar-refractivity contribution in [3.05, 3.63) is 35.6 Å². The predicted molar refractivity (Wildman–Crippen MR) is 45.5 cm³/mol. The molecule has 0 bridgehead atoms. The number of rotatable bonds is 2. The van der Waals surface area contributed by atoms with Gasteiger partial charge < -0.3 is 10.2 Å². The summed E-state index contributed by atoms with van der Waals surface area (Å²) in [5, 5.41) is 19.2. The van der Waals surface area contributed by atoms with Crippen LogP contribution in [0.5, 0.6) is 0 Å². The van der Waals surface area contributed by atoms with Crippen LogP contribution in [0, 0.1) is 5.82 Å². The van der Waals surface area contributed by atoms with Gasteiger partial charge in [-0.1, -0.05) is 12.1 Å². The monoisotopic (exact) mass is 182 g/mol. The maximum atomic E-state index is 12.5. The van der Waals surface area contributed by atoms with Crippen LogP contribution in [0.1, 0.15) is 24.5 Å². The average molecular weight is 182 g/mol. The Bertz CT molecular complexity index is 303. The van der Waals surface area contributed by atoms with E-state index in [0.29, 0.717) is 18.4 Å². The highest BCUT2D eigenvalue weighted by Gasteiger charge is 2.47. The van der Waals surface area contributed by atoms with Gasteiger partial charge in [0.05, 0.1) is 5.60 Å². The summed E-state index contributed by atoms with van der Waals surface area (Å²) >= 11 is 0. The van der Waals surface area contributed by atoms with E-state index in [-0.39, 0.29) is 5.82 Å². The summed E-state index contributed by atoms with van der Waals surface area (Å²) in [6.45, 7) is 0. The zero-order chi connectivity index (χ0) is 9.47. The molecule has 0 amide bonds. The number of hydrogen-bond acceptors (Lipinski definition) is 2. The Morgan fingerprint density at radius 3 is 2.23 bits per heavy atom. The molecule has 1 aliphatic rings. The fourth-order valence-electron chi connectivity index (χ4n) is 1.36. The van der Waals surface area contributed by atoms with E-state index in [9.17, 15) is 14.6 Å². The second-order valence-electron chi connectivity index (χ2n) is 3.56.